The molecule has 0 radical (unpaired) electrons. The van der Waals surface area contributed by atoms with Gasteiger partial charge in [-0.2, -0.15) is 5.26 Å². The molecule has 20 heavy (non-hydrogen) atoms. The van der Waals surface area contributed by atoms with Crippen LogP contribution in [0, 0.1) is 16.2 Å². The molecule has 0 saturated heterocycles. The van der Waals surface area contributed by atoms with Crippen molar-refractivity contribution in [2.24, 2.45) is 5.29 Å². The number of rotatable bonds is 3. The van der Waals surface area contributed by atoms with Gasteiger partial charge >= 0.3 is 0 Å². The first-order valence-corrected chi connectivity index (χ1v) is 5.65. The van der Waals surface area contributed by atoms with Gasteiger partial charge in [-0.05, 0) is 18.2 Å². The highest BCUT2D eigenvalue weighted by Gasteiger charge is 2.30. The molecule has 0 fully saturated rings. The summed E-state index contributed by atoms with van der Waals surface area (Å²) < 4.78 is 0. The molecule has 0 aromatic heterocycles. The van der Waals surface area contributed by atoms with E-state index in [0.717, 1.165) is 9.91 Å². The van der Waals surface area contributed by atoms with Crippen molar-refractivity contribution in [3.05, 3.63) is 40.3 Å². The molecule has 7 heteroatoms. The van der Waals surface area contributed by atoms with E-state index in [2.05, 4.69) is 5.29 Å². The number of likely N-dealkylation sites (N-methyl/N-ethyl adjacent to an activating group) is 1. The zero-order valence-electron chi connectivity index (χ0n) is 10.8. The van der Waals surface area contributed by atoms with E-state index in [1.54, 1.807) is 0 Å². The van der Waals surface area contributed by atoms with Crippen molar-refractivity contribution < 1.29 is 9.59 Å². The number of benzene rings is 1. The van der Waals surface area contributed by atoms with Crippen molar-refractivity contribution in [1.29, 1.82) is 5.26 Å². The molecule has 0 unspecified atom stereocenters. The molecule has 1 aromatic carbocycles. The fourth-order valence-corrected chi connectivity index (χ4v) is 1.90. The predicted octanol–water partition coefficient (Wildman–Crippen LogP) is 1.06. The Kier molecular flexibility index (Phi) is 3.31. The number of nitriles is 1. The third kappa shape index (κ3) is 2.03. The smallest absolute Gasteiger partial charge is 0.261 e. The van der Waals surface area contributed by atoms with Crippen LogP contribution in [0.4, 0.5) is 5.69 Å². The van der Waals surface area contributed by atoms with Gasteiger partial charge < -0.3 is 0 Å². The number of anilines is 1. The van der Waals surface area contributed by atoms with Gasteiger partial charge in [0.05, 0.1) is 28.2 Å². The normalized spacial score (nSPS) is 14.1. The van der Waals surface area contributed by atoms with Crippen LogP contribution in [-0.2, 0) is 9.59 Å². The molecule has 0 aliphatic carbocycles. The van der Waals surface area contributed by atoms with Crippen LogP contribution in [-0.4, -0.2) is 30.8 Å². The largest absolute Gasteiger partial charge is 0.278 e. The quantitative estimate of drug-likeness (QED) is 0.465. The van der Waals surface area contributed by atoms with E-state index in [1.807, 2.05) is 6.07 Å². The number of amides is 2. The number of carbonyl (C=O) groups excluding carboxylic acids is 2. The second-order valence-electron chi connectivity index (χ2n) is 4.21. The molecule has 7 nitrogen and oxygen atoms in total. The van der Waals surface area contributed by atoms with Crippen molar-refractivity contribution in [3.8, 4) is 6.07 Å². The molecular weight excluding hydrogens is 260 g/mol. The van der Waals surface area contributed by atoms with Crippen molar-refractivity contribution in [1.82, 2.24) is 4.90 Å². The minimum absolute atomic E-state index is 0.139. The summed E-state index contributed by atoms with van der Waals surface area (Å²) in [6, 6.07) is 6.41. The van der Waals surface area contributed by atoms with Gasteiger partial charge in [0.15, 0.2) is 0 Å². The second-order valence-corrected chi connectivity index (χ2v) is 4.21. The van der Waals surface area contributed by atoms with Crippen LogP contribution >= 0.6 is 0 Å². The maximum absolute atomic E-state index is 12.0. The maximum Gasteiger partial charge on any atom is 0.261 e. The molecule has 0 bridgehead atoms. The van der Waals surface area contributed by atoms with E-state index < -0.39 is 11.8 Å². The Balaban J connectivity index is 2.63. The van der Waals surface area contributed by atoms with Crippen LogP contribution in [0.5, 0.6) is 0 Å². The summed E-state index contributed by atoms with van der Waals surface area (Å²) in [5.41, 5.74) is 1.13. The second kappa shape index (κ2) is 4.93. The first-order valence-electron chi connectivity index (χ1n) is 5.65. The lowest BCUT2D eigenvalue weighted by Gasteiger charge is -2.15. The Hall–Kier alpha value is -3.01. The molecule has 1 aromatic rings. The third-order valence-corrected chi connectivity index (χ3v) is 3.02. The fraction of sp³-hybridized carbons (Fsp3) is 0.154. The zero-order valence-corrected chi connectivity index (χ0v) is 10.8. The zero-order chi connectivity index (χ0) is 14.9. The number of imide groups is 1. The van der Waals surface area contributed by atoms with E-state index in [-0.39, 0.29) is 5.57 Å². The highest BCUT2D eigenvalue weighted by molar-refractivity contribution is 6.34. The molecule has 2 rings (SSSR count). The van der Waals surface area contributed by atoms with Crippen molar-refractivity contribution in [2.75, 3.05) is 19.1 Å². The van der Waals surface area contributed by atoms with Crippen molar-refractivity contribution >= 4 is 23.1 Å². The fourth-order valence-electron chi connectivity index (χ4n) is 1.90. The summed E-state index contributed by atoms with van der Waals surface area (Å²) in [5, 5.41) is 12.7. The van der Waals surface area contributed by atoms with E-state index in [1.165, 1.54) is 38.4 Å². The molecule has 1 aliphatic heterocycles. The van der Waals surface area contributed by atoms with Crippen LogP contribution in [0.2, 0.25) is 0 Å². The van der Waals surface area contributed by atoms with Gasteiger partial charge in [0.25, 0.3) is 11.8 Å². The predicted molar refractivity (Wildman–Crippen MR) is 71.1 cm³/mol. The first-order chi connectivity index (χ1) is 9.49. The number of carbonyl (C=O) groups is 2. The van der Waals surface area contributed by atoms with Gasteiger partial charge in [-0.1, -0.05) is 0 Å². The van der Waals surface area contributed by atoms with Crippen LogP contribution < -0.4 is 5.01 Å². The SMILES string of the molecule is CN1C(=O)C=C(c2cc(C#N)ccc2N(C)N=O)C1=O. The maximum atomic E-state index is 12.0. The van der Waals surface area contributed by atoms with Gasteiger partial charge in [0.2, 0.25) is 0 Å². The Bertz CT molecular complexity index is 687. The Labute approximate surface area is 114 Å². The lowest BCUT2D eigenvalue weighted by atomic mass is 10.0. The molecule has 1 heterocycles. The van der Waals surface area contributed by atoms with Crippen LogP contribution in [0.15, 0.2) is 29.6 Å². The highest BCUT2D eigenvalue weighted by atomic mass is 16.3. The van der Waals surface area contributed by atoms with Crippen LogP contribution in [0.25, 0.3) is 5.57 Å². The monoisotopic (exact) mass is 270 g/mol. The van der Waals surface area contributed by atoms with Crippen molar-refractivity contribution in [3.63, 3.8) is 0 Å². The molecule has 0 spiro atoms. The molecule has 0 atom stereocenters. The highest BCUT2D eigenvalue weighted by Crippen LogP contribution is 2.31. The summed E-state index contributed by atoms with van der Waals surface area (Å²) in [6.07, 6.45) is 1.18. The van der Waals surface area contributed by atoms with E-state index in [9.17, 15) is 14.5 Å². The third-order valence-electron chi connectivity index (χ3n) is 3.02. The van der Waals surface area contributed by atoms with Gasteiger partial charge in [-0.3, -0.25) is 14.5 Å². The standard InChI is InChI=1S/C13H10N4O3/c1-16-12(18)6-10(13(16)19)9-5-8(7-14)3-4-11(9)17(2)15-20/h3-6H,1-2H3. The topological polar surface area (TPSA) is 93.8 Å². The molecular formula is C13H10N4O3. The van der Waals surface area contributed by atoms with Crippen LogP contribution in [0.3, 0.4) is 0 Å². The molecule has 0 N–H and O–H groups in total. The number of hydrogen-bond donors (Lipinski definition) is 0. The lowest BCUT2D eigenvalue weighted by Crippen LogP contribution is -2.26. The molecule has 1 aliphatic rings. The minimum Gasteiger partial charge on any atom is -0.278 e. The van der Waals surface area contributed by atoms with E-state index in [0.29, 0.717) is 16.8 Å². The van der Waals surface area contributed by atoms with E-state index in [4.69, 9.17) is 5.26 Å². The Morgan fingerprint density at radius 2 is 2.05 bits per heavy atom. The Morgan fingerprint density at radius 3 is 2.55 bits per heavy atom. The van der Waals surface area contributed by atoms with Gasteiger partial charge in [0, 0.05) is 25.7 Å². The minimum atomic E-state index is -0.481. The van der Waals surface area contributed by atoms with Gasteiger partial charge in [-0.15, -0.1) is 4.91 Å². The average Bonchev–Trinajstić information content (AvgIpc) is 2.73. The summed E-state index contributed by atoms with van der Waals surface area (Å²) >= 11 is 0. The van der Waals surface area contributed by atoms with Gasteiger partial charge in [-0.25, -0.2) is 5.01 Å². The summed E-state index contributed by atoms with van der Waals surface area (Å²) in [7, 11) is 2.78. The number of hydrogen-bond acceptors (Lipinski definition) is 5. The average molecular weight is 270 g/mol. The van der Waals surface area contributed by atoms with Crippen LogP contribution in [0.1, 0.15) is 11.1 Å². The van der Waals surface area contributed by atoms with Gasteiger partial charge in [0.1, 0.15) is 0 Å². The van der Waals surface area contributed by atoms with E-state index >= 15 is 0 Å². The summed E-state index contributed by atoms with van der Waals surface area (Å²) in [4.78, 5) is 35.2. The Morgan fingerprint density at radius 1 is 1.35 bits per heavy atom. The number of nitrogens with zero attached hydrogens (tertiary/aromatic N) is 4. The molecule has 100 valence electrons. The summed E-state index contributed by atoms with van der Waals surface area (Å²) in [5.74, 6) is -0.925. The molecule has 2 amide bonds. The van der Waals surface area contributed by atoms with Crippen molar-refractivity contribution in [2.45, 2.75) is 0 Å². The lowest BCUT2D eigenvalue weighted by molar-refractivity contribution is -0.134. The first kappa shape index (κ1) is 13.4. The molecule has 0 saturated carbocycles. The number of nitroso groups, excluding NO2 is 1. The summed E-state index contributed by atoms with van der Waals surface area (Å²) in [6.45, 7) is 0.